The summed E-state index contributed by atoms with van der Waals surface area (Å²) < 4.78 is 0. The lowest BCUT2D eigenvalue weighted by Gasteiger charge is -2.34. The fourth-order valence-corrected chi connectivity index (χ4v) is 4.41. The molecule has 0 aliphatic carbocycles. The van der Waals surface area contributed by atoms with Crippen molar-refractivity contribution in [1.29, 1.82) is 0 Å². The molecule has 3 rings (SSSR count). The van der Waals surface area contributed by atoms with Crippen molar-refractivity contribution in [2.45, 2.75) is 44.6 Å². The highest BCUT2D eigenvalue weighted by Crippen LogP contribution is 2.31. The number of nitrogens with zero attached hydrogens (tertiary/aromatic N) is 3. The van der Waals surface area contributed by atoms with E-state index in [9.17, 15) is 0 Å². The highest BCUT2D eigenvalue weighted by molar-refractivity contribution is 5.80. The molecule has 26 heavy (non-hydrogen) atoms. The molecule has 1 atom stereocenters. The maximum Gasteiger partial charge on any atom is 0.193 e. The Morgan fingerprint density at radius 2 is 1.85 bits per heavy atom. The molecule has 0 amide bonds. The largest absolute Gasteiger partial charge is 0.355 e. The van der Waals surface area contributed by atoms with E-state index >= 15 is 0 Å². The van der Waals surface area contributed by atoms with Crippen molar-refractivity contribution in [2.24, 2.45) is 4.99 Å². The third-order valence-electron chi connectivity index (χ3n) is 6.36. The van der Waals surface area contributed by atoms with Crippen LogP contribution in [-0.4, -0.2) is 61.6 Å². The Hall–Kier alpha value is -1.81. The molecule has 1 saturated heterocycles. The van der Waals surface area contributed by atoms with E-state index in [0.29, 0.717) is 6.04 Å². The van der Waals surface area contributed by atoms with Crippen molar-refractivity contribution in [1.82, 2.24) is 15.1 Å². The Morgan fingerprint density at radius 1 is 1.15 bits per heavy atom. The topological polar surface area (TPSA) is 30.9 Å². The van der Waals surface area contributed by atoms with Gasteiger partial charge in [0.05, 0.1) is 0 Å². The molecule has 0 aromatic heterocycles. The number of benzene rings is 1. The van der Waals surface area contributed by atoms with Crippen LogP contribution in [0.25, 0.3) is 0 Å². The quantitative estimate of drug-likeness (QED) is 0.483. The number of likely N-dealkylation sites (tertiary alicyclic amines) is 1. The summed E-state index contributed by atoms with van der Waals surface area (Å²) in [7, 11) is 1.91. The molecular weight excluding hydrogens is 320 g/mol. The Bertz CT molecular complexity index is 610. The minimum absolute atomic E-state index is 0.162. The molecule has 0 bridgehead atoms. The molecule has 1 aromatic rings. The van der Waals surface area contributed by atoms with Crippen LogP contribution < -0.4 is 5.32 Å². The van der Waals surface area contributed by atoms with Gasteiger partial charge in [-0.2, -0.15) is 0 Å². The van der Waals surface area contributed by atoms with Gasteiger partial charge in [-0.1, -0.05) is 56.3 Å². The van der Waals surface area contributed by atoms with Gasteiger partial charge in [-0.3, -0.25) is 9.89 Å². The molecule has 2 aliphatic rings. The van der Waals surface area contributed by atoms with E-state index in [0.717, 1.165) is 51.5 Å². The second kappa shape index (κ2) is 8.72. The molecule has 0 radical (unpaired) electrons. The molecule has 2 heterocycles. The summed E-state index contributed by atoms with van der Waals surface area (Å²) in [5, 5.41) is 3.71. The van der Waals surface area contributed by atoms with Gasteiger partial charge in [0.25, 0.3) is 0 Å². The molecule has 1 aromatic carbocycles. The van der Waals surface area contributed by atoms with E-state index in [2.05, 4.69) is 76.4 Å². The van der Waals surface area contributed by atoms with Gasteiger partial charge in [0.15, 0.2) is 5.96 Å². The van der Waals surface area contributed by atoms with Gasteiger partial charge in [0, 0.05) is 51.2 Å². The van der Waals surface area contributed by atoms with Gasteiger partial charge in [0.1, 0.15) is 0 Å². The lowest BCUT2D eigenvalue weighted by atomic mass is 9.76. The zero-order valence-corrected chi connectivity index (χ0v) is 16.6. The first-order valence-electron chi connectivity index (χ1n) is 10.1. The van der Waals surface area contributed by atoms with Crippen LogP contribution in [0.1, 0.15) is 38.7 Å². The van der Waals surface area contributed by atoms with Gasteiger partial charge >= 0.3 is 0 Å². The van der Waals surface area contributed by atoms with Gasteiger partial charge in [-0.05, 0) is 24.8 Å². The minimum Gasteiger partial charge on any atom is -0.355 e. The number of aliphatic imine (C=N–C) groups is 1. The third-order valence-corrected chi connectivity index (χ3v) is 6.36. The fourth-order valence-electron chi connectivity index (χ4n) is 4.41. The Morgan fingerprint density at radius 3 is 2.46 bits per heavy atom. The van der Waals surface area contributed by atoms with Gasteiger partial charge in [0.2, 0.25) is 0 Å². The van der Waals surface area contributed by atoms with Crippen LogP contribution in [-0.2, 0) is 5.41 Å². The van der Waals surface area contributed by atoms with E-state index in [-0.39, 0.29) is 5.41 Å². The molecule has 4 heteroatoms. The first-order chi connectivity index (χ1) is 12.7. The third kappa shape index (κ3) is 3.96. The second-order valence-electron chi connectivity index (χ2n) is 7.57. The van der Waals surface area contributed by atoms with Crippen molar-refractivity contribution in [3.63, 3.8) is 0 Å². The average molecular weight is 355 g/mol. The second-order valence-corrected chi connectivity index (χ2v) is 7.57. The van der Waals surface area contributed by atoms with Crippen LogP contribution in [0.15, 0.2) is 47.5 Å². The summed E-state index contributed by atoms with van der Waals surface area (Å²) in [5.74, 6) is 1.06. The molecule has 0 saturated carbocycles. The maximum absolute atomic E-state index is 4.59. The summed E-state index contributed by atoms with van der Waals surface area (Å²) in [5.41, 5.74) is 1.59. The molecule has 2 aliphatic heterocycles. The highest BCUT2D eigenvalue weighted by Gasteiger charge is 2.32. The molecule has 0 spiro atoms. The maximum atomic E-state index is 4.59. The van der Waals surface area contributed by atoms with E-state index in [1.54, 1.807) is 0 Å². The highest BCUT2D eigenvalue weighted by atomic mass is 15.3. The van der Waals surface area contributed by atoms with E-state index in [1.807, 2.05) is 7.05 Å². The summed E-state index contributed by atoms with van der Waals surface area (Å²) >= 11 is 0. The number of guanidine groups is 1. The minimum atomic E-state index is 0.162. The van der Waals surface area contributed by atoms with Crippen LogP contribution >= 0.6 is 0 Å². The summed E-state index contributed by atoms with van der Waals surface area (Å²) in [6.45, 7) is 9.92. The van der Waals surface area contributed by atoms with Crippen molar-refractivity contribution in [3.05, 3.63) is 48.0 Å². The van der Waals surface area contributed by atoms with Crippen molar-refractivity contribution in [3.8, 4) is 0 Å². The SMILES string of the molecule is CCC(CC)(CNC(=NC)N1CCC(N2CC=CC2)C1)c1ccccc1. The van der Waals surface area contributed by atoms with Crippen LogP contribution in [0.5, 0.6) is 0 Å². The molecular formula is C22H34N4. The zero-order chi connectivity index (χ0) is 18.4. The van der Waals surface area contributed by atoms with Crippen molar-refractivity contribution >= 4 is 5.96 Å². The van der Waals surface area contributed by atoms with Crippen molar-refractivity contribution < 1.29 is 0 Å². The molecule has 142 valence electrons. The number of nitrogens with one attached hydrogen (secondary N) is 1. The summed E-state index contributed by atoms with van der Waals surface area (Å²) in [6.07, 6.45) is 8.05. The van der Waals surface area contributed by atoms with Gasteiger partial charge in [-0.15, -0.1) is 0 Å². The lowest BCUT2D eigenvalue weighted by molar-refractivity contribution is 0.259. The van der Waals surface area contributed by atoms with Gasteiger partial charge < -0.3 is 10.2 Å². The summed E-state index contributed by atoms with van der Waals surface area (Å²) in [4.78, 5) is 9.60. The van der Waals surface area contributed by atoms with Crippen LogP contribution in [0.2, 0.25) is 0 Å². The van der Waals surface area contributed by atoms with Crippen LogP contribution in [0.4, 0.5) is 0 Å². The smallest absolute Gasteiger partial charge is 0.193 e. The number of rotatable bonds is 6. The van der Waals surface area contributed by atoms with E-state index < -0.39 is 0 Å². The van der Waals surface area contributed by atoms with Crippen molar-refractivity contribution in [2.75, 3.05) is 39.8 Å². The average Bonchev–Trinajstić information content (AvgIpc) is 3.38. The first kappa shape index (κ1) is 19.0. The zero-order valence-electron chi connectivity index (χ0n) is 16.6. The van der Waals surface area contributed by atoms with Crippen LogP contribution in [0, 0.1) is 0 Å². The predicted octanol–water partition coefficient (Wildman–Crippen LogP) is 3.27. The monoisotopic (exact) mass is 354 g/mol. The van der Waals surface area contributed by atoms with Crippen LogP contribution in [0.3, 0.4) is 0 Å². The summed E-state index contributed by atoms with van der Waals surface area (Å²) in [6, 6.07) is 11.6. The number of hydrogen-bond acceptors (Lipinski definition) is 2. The molecule has 4 nitrogen and oxygen atoms in total. The van der Waals surface area contributed by atoms with Gasteiger partial charge in [-0.25, -0.2) is 0 Å². The molecule has 1 fully saturated rings. The van der Waals surface area contributed by atoms with E-state index in [1.165, 1.54) is 12.0 Å². The predicted molar refractivity (Wildman–Crippen MR) is 111 cm³/mol. The molecule has 1 unspecified atom stereocenters. The molecule has 1 N–H and O–H groups in total. The lowest BCUT2D eigenvalue weighted by Crippen LogP contribution is -2.47. The Kier molecular flexibility index (Phi) is 6.36. The normalized spacial score (nSPS) is 21.6. The van der Waals surface area contributed by atoms with E-state index in [4.69, 9.17) is 0 Å². The Labute approximate surface area is 159 Å². The fraction of sp³-hybridized carbons (Fsp3) is 0.591. The standard InChI is InChI=1S/C22H34N4/c1-4-22(5-2,19-11-7-6-8-12-19)18-24-21(23-3)26-16-13-20(17-26)25-14-9-10-15-25/h6-12,20H,4-5,13-18H2,1-3H3,(H,23,24). The number of hydrogen-bond donors (Lipinski definition) is 1. The first-order valence-corrected chi connectivity index (χ1v) is 10.1. The Balaban J connectivity index is 1.63.